The fourth-order valence-corrected chi connectivity index (χ4v) is 2.03. The molecule has 0 heterocycles. The molecule has 0 fully saturated rings. The van der Waals surface area contributed by atoms with E-state index in [2.05, 4.69) is 10.6 Å². The maximum absolute atomic E-state index is 12.1. The van der Waals surface area contributed by atoms with E-state index in [-0.39, 0.29) is 5.92 Å². The molecular formula is C16H24N2O3. The molecule has 3 N–H and O–H groups in total. The molecule has 0 aliphatic rings. The number of hydrogen-bond acceptors (Lipinski definition) is 2. The molecular weight excluding hydrogens is 268 g/mol. The van der Waals surface area contributed by atoms with Crippen molar-refractivity contribution in [2.24, 2.45) is 0 Å². The summed E-state index contributed by atoms with van der Waals surface area (Å²) in [5.41, 5.74) is 1.45. The molecule has 0 saturated heterocycles. The number of anilines is 1. The average Bonchev–Trinajstić information content (AvgIpc) is 2.40. The molecule has 5 heteroatoms. The van der Waals surface area contributed by atoms with Crippen LogP contribution in [0, 0.1) is 6.92 Å². The minimum atomic E-state index is -1.27. The largest absolute Gasteiger partial charge is 0.480 e. The summed E-state index contributed by atoms with van der Waals surface area (Å²) < 4.78 is 0. The van der Waals surface area contributed by atoms with E-state index in [0.29, 0.717) is 6.42 Å². The molecule has 0 aromatic heterocycles. The first-order chi connectivity index (χ1) is 9.71. The van der Waals surface area contributed by atoms with Crippen LogP contribution in [-0.2, 0) is 4.79 Å². The normalized spacial score (nSPS) is 13.6. The molecule has 0 aliphatic heterocycles. The van der Waals surface area contributed by atoms with E-state index in [1.165, 1.54) is 6.92 Å². The minimum Gasteiger partial charge on any atom is -0.480 e. The first-order valence-electron chi connectivity index (χ1n) is 7.13. The quantitative estimate of drug-likeness (QED) is 0.777. The smallest absolute Gasteiger partial charge is 0.329 e. The standard InChI is InChI=1S/C16H24N2O3/c1-6-16(5,14(19)20)18-15(21)17-13-11(4)8-7-9-12(13)10(2)3/h7-10H,6H2,1-5H3,(H,19,20)(H2,17,18,21). The van der Waals surface area contributed by atoms with E-state index in [9.17, 15) is 14.7 Å². The van der Waals surface area contributed by atoms with E-state index in [1.54, 1.807) is 6.92 Å². The van der Waals surface area contributed by atoms with Gasteiger partial charge in [-0.15, -0.1) is 0 Å². The van der Waals surface area contributed by atoms with E-state index < -0.39 is 17.5 Å². The molecule has 0 bridgehead atoms. The maximum atomic E-state index is 12.1. The zero-order valence-corrected chi connectivity index (χ0v) is 13.3. The summed E-state index contributed by atoms with van der Waals surface area (Å²) in [5, 5.41) is 14.5. The second-order valence-electron chi connectivity index (χ2n) is 5.76. The van der Waals surface area contributed by atoms with Crippen LogP contribution in [-0.4, -0.2) is 22.6 Å². The fourth-order valence-electron chi connectivity index (χ4n) is 2.03. The van der Waals surface area contributed by atoms with Gasteiger partial charge in [0.05, 0.1) is 0 Å². The van der Waals surface area contributed by atoms with Gasteiger partial charge >= 0.3 is 12.0 Å². The molecule has 0 spiro atoms. The summed E-state index contributed by atoms with van der Waals surface area (Å²) in [6.45, 7) is 9.23. The Bertz CT molecular complexity index is 540. The number of nitrogens with one attached hydrogen (secondary N) is 2. The summed E-state index contributed by atoms with van der Waals surface area (Å²) in [4.78, 5) is 23.4. The van der Waals surface area contributed by atoms with Crippen LogP contribution in [0.3, 0.4) is 0 Å². The number of carbonyl (C=O) groups excluding carboxylic acids is 1. The lowest BCUT2D eigenvalue weighted by Crippen LogP contribution is -2.53. The predicted molar refractivity (Wildman–Crippen MR) is 83.8 cm³/mol. The van der Waals surface area contributed by atoms with Gasteiger partial charge < -0.3 is 15.7 Å². The van der Waals surface area contributed by atoms with Crippen LogP contribution in [0.2, 0.25) is 0 Å². The first kappa shape index (κ1) is 17.0. The summed E-state index contributed by atoms with van der Waals surface area (Å²) in [6, 6.07) is 5.32. The summed E-state index contributed by atoms with van der Waals surface area (Å²) in [5.74, 6) is -0.786. The molecule has 1 aromatic rings. The number of carboxylic acid groups (broad SMARTS) is 1. The Labute approximate surface area is 125 Å². The van der Waals surface area contributed by atoms with Gasteiger partial charge in [-0.25, -0.2) is 9.59 Å². The van der Waals surface area contributed by atoms with Crippen LogP contribution in [0.4, 0.5) is 10.5 Å². The number of carbonyl (C=O) groups is 2. The highest BCUT2D eigenvalue weighted by Crippen LogP contribution is 2.27. The van der Waals surface area contributed by atoms with Gasteiger partial charge in [0, 0.05) is 5.69 Å². The van der Waals surface area contributed by atoms with Crippen LogP contribution in [0.1, 0.15) is 51.2 Å². The van der Waals surface area contributed by atoms with Crippen molar-refractivity contribution in [1.29, 1.82) is 0 Å². The third-order valence-corrected chi connectivity index (χ3v) is 3.73. The Morgan fingerprint density at radius 1 is 1.33 bits per heavy atom. The van der Waals surface area contributed by atoms with Gasteiger partial charge in [0.2, 0.25) is 0 Å². The van der Waals surface area contributed by atoms with Crippen molar-refractivity contribution in [2.75, 3.05) is 5.32 Å². The summed E-state index contributed by atoms with van der Waals surface area (Å²) in [6.07, 6.45) is 0.306. The highest BCUT2D eigenvalue weighted by atomic mass is 16.4. The lowest BCUT2D eigenvalue weighted by molar-refractivity contribution is -0.143. The van der Waals surface area contributed by atoms with Crippen LogP contribution >= 0.6 is 0 Å². The number of carboxylic acids is 1. The zero-order valence-electron chi connectivity index (χ0n) is 13.3. The molecule has 21 heavy (non-hydrogen) atoms. The van der Waals surface area contributed by atoms with Crippen LogP contribution < -0.4 is 10.6 Å². The number of aryl methyl sites for hydroxylation is 1. The Balaban J connectivity index is 2.97. The van der Waals surface area contributed by atoms with Gasteiger partial charge in [-0.05, 0) is 37.3 Å². The molecule has 1 atom stereocenters. The molecule has 5 nitrogen and oxygen atoms in total. The second-order valence-corrected chi connectivity index (χ2v) is 5.76. The minimum absolute atomic E-state index is 0.261. The van der Waals surface area contributed by atoms with Gasteiger partial charge in [0.25, 0.3) is 0 Å². The monoisotopic (exact) mass is 292 g/mol. The lowest BCUT2D eigenvalue weighted by Gasteiger charge is -2.25. The van der Waals surface area contributed by atoms with Crippen molar-refractivity contribution in [3.05, 3.63) is 29.3 Å². The van der Waals surface area contributed by atoms with E-state index in [4.69, 9.17) is 0 Å². The molecule has 1 aromatic carbocycles. The van der Waals surface area contributed by atoms with Crippen LogP contribution in [0.25, 0.3) is 0 Å². The third-order valence-electron chi connectivity index (χ3n) is 3.73. The van der Waals surface area contributed by atoms with Crippen molar-refractivity contribution < 1.29 is 14.7 Å². The second kappa shape index (κ2) is 6.61. The molecule has 1 rings (SSSR count). The number of para-hydroxylation sites is 1. The first-order valence-corrected chi connectivity index (χ1v) is 7.13. The Morgan fingerprint density at radius 2 is 1.95 bits per heavy atom. The Kier molecular flexibility index (Phi) is 5.35. The van der Waals surface area contributed by atoms with Crippen molar-refractivity contribution >= 4 is 17.7 Å². The topological polar surface area (TPSA) is 78.4 Å². The van der Waals surface area contributed by atoms with Gasteiger partial charge in [-0.3, -0.25) is 0 Å². The Morgan fingerprint density at radius 3 is 2.43 bits per heavy atom. The van der Waals surface area contributed by atoms with Gasteiger partial charge in [0.1, 0.15) is 5.54 Å². The highest BCUT2D eigenvalue weighted by molar-refractivity contribution is 5.95. The van der Waals surface area contributed by atoms with E-state index >= 15 is 0 Å². The lowest BCUT2D eigenvalue weighted by atomic mass is 9.98. The van der Waals surface area contributed by atoms with Gasteiger partial charge in [-0.1, -0.05) is 39.0 Å². The van der Waals surface area contributed by atoms with Crippen molar-refractivity contribution in [3.8, 4) is 0 Å². The SMILES string of the molecule is CCC(C)(NC(=O)Nc1c(C)cccc1C(C)C)C(=O)O. The zero-order chi connectivity index (χ0) is 16.2. The van der Waals surface area contributed by atoms with Crippen molar-refractivity contribution in [3.63, 3.8) is 0 Å². The highest BCUT2D eigenvalue weighted by Gasteiger charge is 2.33. The van der Waals surface area contributed by atoms with Crippen LogP contribution in [0.15, 0.2) is 18.2 Å². The molecule has 116 valence electrons. The third kappa shape index (κ3) is 3.97. The number of rotatable bonds is 5. The maximum Gasteiger partial charge on any atom is 0.329 e. The number of urea groups is 1. The van der Waals surface area contributed by atoms with Crippen LogP contribution in [0.5, 0.6) is 0 Å². The molecule has 1 unspecified atom stereocenters. The van der Waals surface area contributed by atoms with Gasteiger partial charge in [-0.2, -0.15) is 0 Å². The molecule has 0 saturated carbocycles. The Hall–Kier alpha value is -2.04. The van der Waals surface area contributed by atoms with Crippen molar-refractivity contribution in [1.82, 2.24) is 5.32 Å². The van der Waals surface area contributed by atoms with Crippen molar-refractivity contribution in [2.45, 2.75) is 52.5 Å². The predicted octanol–water partition coefficient (Wildman–Crippen LogP) is 3.49. The van der Waals surface area contributed by atoms with E-state index in [0.717, 1.165) is 16.8 Å². The van der Waals surface area contributed by atoms with E-state index in [1.807, 2.05) is 39.0 Å². The molecule has 0 radical (unpaired) electrons. The number of benzene rings is 1. The fraction of sp³-hybridized carbons (Fsp3) is 0.500. The summed E-state index contributed by atoms with van der Waals surface area (Å²) in [7, 11) is 0. The molecule has 2 amide bonds. The number of hydrogen-bond donors (Lipinski definition) is 3. The number of aliphatic carboxylic acids is 1. The van der Waals surface area contributed by atoms with Gasteiger partial charge in [0.15, 0.2) is 0 Å². The number of amides is 2. The molecule has 0 aliphatic carbocycles. The average molecular weight is 292 g/mol. The summed E-state index contributed by atoms with van der Waals surface area (Å²) >= 11 is 0.